The molecule has 0 radical (unpaired) electrons. The normalized spacial score (nSPS) is 24.1. The van der Waals surface area contributed by atoms with E-state index in [0.717, 1.165) is 12.1 Å². The van der Waals surface area contributed by atoms with Gasteiger partial charge in [0.05, 0.1) is 11.7 Å². The number of benzene rings is 1. The Labute approximate surface area is 138 Å². The second-order valence-electron chi connectivity index (χ2n) is 5.63. The molecule has 2 bridgehead atoms. The van der Waals surface area contributed by atoms with Gasteiger partial charge in [0.1, 0.15) is 5.82 Å². The number of nitrogens with two attached hydrogens (primary N) is 1. The molecule has 126 valence electrons. The molecule has 1 amide bonds. The third-order valence-corrected chi connectivity index (χ3v) is 4.47. The molecule has 0 saturated heterocycles. The summed E-state index contributed by atoms with van der Waals surface area (Å²) in [5.74, 6) is -3.61. The van der Waals surface area contributed by atoms with Gasteiger partial charge in [0.25, 0.3) is 5.91 Å². The fourth-order valence-electron chi connectivity index (χ4n) is 3.54. The topological polar surface area (TPSA) is 84.2 Å². The van der Waals surface area contributed by atoms with E-state index in [2.05, 4.69) is 14.9 Å². The van der Waals surface area contributed by atoms with Crippen LogP contribution in [0.15, 0.2) is 12.1 Å². The number of aromatic amines is 1. The number of carbonyl (C=O) groups is 1. The lowest BCUT2D eigenvalue weighted by Crippen LogP contribution is -2.30. The van der Waals surface area contributed by atoms with Crippen molar-refractivity contribution in [1.29, 1.82) is 0 Å². The average Bonchev–Trinajstić information content (AvgIpc) is 3.05. The van der Waals surface area contributed by atoms with Crippen LogP contribution in [0, 0.1) is 5.82 Å². The number of alkyl halides is 2. The molecule has 3 N–H and O–H groups in total. The number of carbonyl (C=O) groups excluding carboxylic acids is 1. The summed E-state index contributed by atoms with van der Waals surface area (Å²) < 4.78 is 67.7. The van der Waals surface area contributed by atoms with Crippen LogP contribution in [0.25, 0.3) is 0 Å². The van der Waals surface area contributed by atoms with Gasteiger partial charge in [-0.25, -0.2) is 4.39 Å². The lowest BCUT2D eigenvalue weighted by atomic mass is 9.89. The molecule has 4 rings (SSSR count). The number of amides is 1. The molecular formula is C15H13F3N4O2. The van der Waals surface area contributed by atoms with Crippen LogP contribution >= 0.6 is 0 Å². The first-order valence-corrected chi connectivity index (χ1v) is 7.05. The Morgan fingerprint density at radius 3 is 3.00 bits per heavy atom. The van der Waals surface area contributed by atoms with Crippen LogP contribution in [-0.4, -0.2) is 34.6 Å². The molecule has 2 aromatic rings. The number of halogens is 3. The van der Waals surface area contributed by atoms with Gasteiger partial charge in [-0.05, 0) is 18.6 Å². The van der Waals surface area contributed by atoms with E-state index in [1.807, 2.05) is 0 Å². The van der Waals surface area contributed by atoms with Crippen LogP contribution in [0.1, 0.15) is 49.7 Å². The summed E-state index contributed by atoms with van der Waals surface area (Å²) in [7, 11) is 0. The molecule has 1 aliphatic carbocycles. The Hall–Kier alpha value is -2.71. The van der Waals surface area contributed by atoms with Gasteiger partial charge in [0.2, 0.25) is 0 Å². The molecule has 1 aromatic heterocycles. The number of ether oxygens (including phenoxy) is 1. The fourth-order valence-corrected chi connectivity index (χ4v) is 3.54. The zero-order valence-electron chi connectivity index (χ0n) is 15.0. The number of fused-ring (bicyclic) bond motifs is 7. The first kappa shape index (κ1) is 11.8. The number of nitrogen functional groups attached to an aromatic ring is 1. The Bertz CT molecular complexity index is 947. The third-order valence-electron chi connectivity index (χ3n) is 4.47. The van der Waals surface area contributed by atoms with Crippen molar-refractivity contribution in [2.45, 2.75) is 25.0 Å². The number of nitrogens with zero attached hydrogens (tertiary/aromatic N) is 2. The van der Waals surface area contributed by atoms with Gasteiger partial charge in [-0.3, -0.25) is 9.89 Å². The number of nitrogens with one attached hydrogen (secondary N) is 1. The number of aromatic nitrogens is 2. The minimum Gasteiger partial charge on any atom is -0.431 e. The van der Waals surface area contributed by atoms with Crippen molar-refractivity contribution in [3.63, 3.8) is 0 Å². The maximum atomic E-state index is 14.3. The van der Waals surface area contributed by atoms with E-state index in [9.17, 15) is 18.0 Å². The van der Waals surface area contributed by atoms with E-state index in [1.165, 1.54) is 0 Å². The van der Waals surface area contributed by atoms with E-state index < -0.39 is 43.0 Å². The second kappa shape index (κ2) is 4.89. The molecule has 1 aliphatic heterocycles. The Morgan fingerprint density at radius 1 is 1.50 bits per heavy atom. The lowest BCUT2D eigenvalue weighted by molar-refractivity contribution is -0.0529. The Balaban J connectivity index is 2.04. The van der Waals surface area contributed by atoms with Gasteiger partial charge < -0.3 is 15.4 Å². The summed E-state index contributed by atoms with van der Waals surface area (Å²) in [6, 6.07) is 0.926. The SMILES string of the molecule is [2H]C([2H])([2H])N1C(=O)c2ccc(F)c(OC(F)F)c2[C@H]2C[C@@H]1c1[nH]nc(N)c12. The highest BCUT2D eigenvalue weighted by Gasteiger charge is 2.46. The van der Waals surface area contributed by atoms with Crippen molar-refractivity contribution in [2.24, 2.45) is 0 Å². The van der Waals surface area contributed by atoms with Crippen LogP contribution in [0.4, 0.5) is 19.0 Å². The molecule has 1 aromatic carbocycles. The van der Waals surface area contributed by atoms with E-state index >= 15 is 0 Å². The Kier molecular flexibility index (Phi) is 2.40. The minimum absolute atomic E-state index is 0.0219. The highest BCUT2D eigenvalue weighted by molar-refractivity contribution is 5.98. The van der Waals surface area contributed by atoms with Crippen LogP contribution in [-0.2, 0) is 0 Å². The quantitative estimate of drug-likeness (QED) is 0.878. The Morgan fingerprint density at radius 2 is 2.29 bits per heavy atom. The van der Waals surface area contributed by atoms with Crippen LogP contribution in [0.2, 0.25) is 0 Å². The van der Waals surface area contributed by atoms with Crippen molar-refractivity contribution in [3.05, 3.63) is 40.3 Å². The first-order valence-electron chi connectivity index (χ1n) is 8.55. The smallest absolute Gasteiger partial charge is 0.387 e. The molecule has 2 heterocycles. The summed E-state index contributed by atoms with van der Waals surface area (Å²) in [6.07, 6.45) is 0.0219. The van der Waals surface area contributed by atoms with Crippen LogP contribution in [0.3, 0.4) is 0 Å². The van der Waals surface area contributed by atoms with E-state index in [-0.39, 0.29) is 23.4 Å². The van der Waals surface area contributed by atoms with Crippen molar-refractivity contribution in [2.75, 3.05) is 12.7 Å². The fraction of sp³-hybridized carbons (Fsp3) is 0.333. The van der Waals surface area contributed by atoms with Crippen LogP contribution in [0.5, 0.6) is 5.75 Å². The van der Waals surface area contributed by atoms with E-state index in [1.54, 1.807) is 0 Å². The minimum atomic E-state index is -3.33. The third kappa shape index (κ3) is 1.84. The number of hydrogen-bond donors (Lipinski definition) is 2. The number of rotatable bonds is 2. The predicted molar refractivity (Wildman–Crippen MR) is 77.3 cm³/mol. The number of hydrogen-bond acceptors (Lipinski definition) is 4. The average molecular weight is 341 g/mol. The molecule has 6 nitrogen and oxygen atoms in total. The predicted octanol–water partition coefficient (Wildman–Crippen LogP) is 2.39. The van der Waals surface area contributed by atoms with Gasteiger partial charge >= 0.3 is 6.61 Å². The van der Waals surface area contributed by atoms with Crippen LogP contribution < -0.4 is 10.5 Å². The second-order valence-corrected chi connectivity index (χ2v) is 5.63. The maximum absolute atomic E-state index is 14.3. The summed E-state index contributed by atoms with van der Waals surface area (Å²) >= 11 is 0. The summed E-state index contributed by atoms with van der Waals surface area (Å²) in [4.78, 5) is 13.6. The van der Waals surface area contributed by atoms with E-state index in [4.69, 9.17) is 9.85 Å². The standard InChI is InChI=1S/C15H13F3N4O2/c1-22-8-4-6(10-11(8)20-21-13(10)19)9-5(14(22)23)2-3-7(16)12(9)24-15(17)18/h2-3,6,8,15H,4H2,1H3,(H3,19,20,21)/t6-,8-/m1/s1/i1D3. The molecule has 24 heavy (non-hydrogen) atoms. The highest BCUT2D eigenvalue weighted by Crippen LogP contribution is 2.53. The highest BCUT2D eigenvalue weighted by atomic mass is 19.3. The van der Waals surface area contributed by atoms with Crippen molar-refractivity contribution in [1.82, 2.24) is 15.1 Å². The lowest BCUT2D eigenvalue weighted by Gasteiger charge is -2.24. The van der Waals surface area contributed by atoms with Gasteiger partial charge in [0.15, 0.2) is 11.6 Å². The zero-order chi connectivity index (χ0) is 19.7. The zero-order valence-corrected chi connectivity index (χ0v) is 12.0. The molecule has 2 atom stereocenters. The largest absolute Gasteiger partial charge is 0.431 e. The summed E-state index contributed by atoms with van der Waals surface area (Å²) in [6.45, 7) is -6.16. The molecular weight excluding hydrogens is 325 g/mol. The number of anilines is 1. The van der Waals surface area contributed by atoms with Crippen molar-refractivity contribution in [3.8, 4) is 5.75 Å². The molecule has 9 heteroatoms. The van der Waals surface area contributed by atoms with Gasteiger partial charge in [-0.1, -0.05) is 0 Å². The molecule has 0 fully saturated rings. The van der Waals surface area contributed by atoms with Gasteiger partial charge in [-0.15, -0.1) is 0 Å². The molecule has 0 unspecified atom stereocenters. The van der Waals surface area contributed by atoms with E-state index in [0.29, 0.717) is 16.2 Å². The first-order chi connectivity index (χ1) is 12.6. The maximum Gasteiger partial charge on any atom is 0.387 e. The van der Waals surface area contributed by atoms with Crippen molar-refractivity contribution < 1.29 is 26.8 Å². The summed E-state index contributed by atoms with van der Waals surface area (Å²) in [5.41, 5.74) is 6.14. The summed E-state index contributed by atoms with van der Waals surface area (Å²) in [5, 5.41) is 6.45. The molecule has 2 aliphatic rings. The monoisotopic (exact) mass is 341 g/mol. The number of H-pyrrole nitrogens is 1. The van der Waals surface area contributed by atoms with Gasteiger partial charge in [0, 0.05) is 33.7 Å². The molecule has 0 saturated carbocycles. The molecule has 0 spiro atoms. The van der Waals surface area contributed by atoms with Crippen molar-refractivity contribution >= 4 is 11.7 Å². The van der Waals surface area contributed by atoms with Gasteiger partial charge in [-0.2, -0.15) is 13.9 Å².